The number of rotatable bonds is 7. The van der Waals surface area contributed by atoms with Crippen molar-refractivity contribution in [1.82, 2.24) is 14.5 Å². The molecule has 1 atom stereocenters. The van der Waals surface area contributed by atoms with Gasteiger partial charge in [0.25, 0.3) is 5.56 Å². The van der Waals surface area contributed by atoms with Crippen LogP contribution in [0.2, 0.25) is 0 Å². The van der Waals surface area contributed by atoms with Crippen LogP contribution in [-0.2, 0) is 16.0 Å². The summed E-state index contributed by atoms with van der Waals surface area (Å²) >= 11 is 0. The fourth-order valence-electron chi connectivity index (χ4n) is 3.95. The van der Waals surface area contributed by atoms with Gasteiger partial charge in [-0.05, 0) is 42.8 Å². The molecule has 0 aliphatic carbocycles. The van der Waals surface area contributed by atoms with Crippen LogP contribution in [0.15, 0.2) is 69.3 Å². The topological polar surface area (TPSA) is 139 Å². The smallest absolute Gasteiger partial charge is 0.335 e. The van der Waals surface area contributed by atoms with Crippen LogP contribution >= 0.6 is 0 Å². The molecule has 0 aliphatic rings. The summed E-state index contributed by atoms with van der Waals surface area (Å²) in [6, 6.07) is 13.0. The van der Waals surface area contributed by atoms with Crippen molar-refractivity contribution < 1.29 is 19.4 Å². The lowest BCUT2D eigenvalue weighted by Gasteiger charge is -2.14. The van der Waals surface area contributed by atoms with Crippen molar-refractivity contribution >= 4 is 22.6 Å². The number of aliphatic imine (C=N–C) groups is 1. The van der Waals surface area contributed by atoms with E-state index in [1.54, 1.807) is 30.5 Å². The molecule has 0 radical (unpaired) electrons. The SMILES string of the molecule is COC(=O)[C@H](Cc1c[nH]c2ccccc12)N=C(C)c1c(O)n(-c2ccc(OC)cc2)c(=O)[nH]c1=O. The summed E-state index contributed by atoms with van der Waals surface area (Å²) in [5.74, 6) is -0.642. The number of methoxy groups -OCH3 is 2. The van der Waals surface area contributed by atoms with Crippen molar-refractivity contribution in [2.75, 3.05) is 14.2 Å². The molecule has 2 aromatic heterocycles. The summed E-state index contributed by atoms with van der Waals surface area (Å²) < 4.78 is 11.0. The van der Waals surface area contributed by atoms with Gasteiger partial charge in [0.1, 0.15) is 11.3 Å². The van der Waals surface area contributed by atoms with Crippen LogP contribution in [0.3, 0.4) is 0 Å². The molecule has 10 heteroatoms. The van der Waals surface area contributed by atoms with Crippen molar-refractivity contribution in [2.24, 2.45) is 4.99 Å². The highest BCUT2D eigenvalue weighted by Gasteiger charge is 2.24. The van der Waals surface area contributed by atoms with Crippen LogP contribution in [0.5, 0.6) is 11.6 Å². The fraction of sp³-hybridized carbons (Fsp3) is 0.200. The van der Waals surface area contributed by atoms with Crippen LogP contribution in [0.4, 0.5) is 0 Å². The molecule has 35 heavy (non-hydrogen) atoms. The number of esters is 1. The number of hydrogen-bond donors (Lipinski definition) is 3. The molecule has 0 bridgehead atoms. The van der Waals surface area contributed by atoms with Gasteiger partial charge >= 0.3 is 11.7 Å². The number of ether oxygens (including phenoxy) is 2. The minimum Gasteiger partial charge on any atom is -0.497 e. The highest BCUT2D eigenvalue weighted by atomic mass is 16.5. The van der Waals surface area contributed by atoms with Gasteiger partial charge in [-0.25, -0.2) is 14.2 Å². The monoisotopic (exact) mass is 476 g/mol. The van der Waals surface area contributed by atoms with E-state index in [0.29, 0.717) is 11.4 Å². The minimum absolute atomic E-state index is 0.0706. The van der Waals surface area contributed by atoms with Crippen LogP contribution < -0.4 is 16.0 Å². The summed E-state index contributed by atoms with van der Waals surface area (Å²) in [6.07, 6.45) is 1.99. The molecule has 2 heterocycles. The number of nitrogens with one attached hydrogen (secondary N) is 2. The van der Waals surface area contributed by atoms with Crippen LogP contribution in [0.1, 0.15) is 18.1 Å². The molecule has 0 aliphatic heterocycles. The molecule has 0 fully saturated rings. The van der Waals surface area contributed by atoms with E-state index < -0.39 is 29.1 Å². The Balaban J connectivity index is 1.77. The number of carbonyl (C=O) groups excluding carboxylic acids is 1. The fourth-order valence-corrected chi connectivity index (χ4v) is 3.95. The number of benzene rings is 2. The second kappa shape index (κ2) is 9.72. The van der Waals surface area contributed by atoms with Gasteiger partial charge in [0, 0.05) is 23.5 Å². The van der Waals surface area contributed by atoms with E-state index in [1.807, 2.05) is 24.3 Å². The van der Waals surface area contributed by atoms with Gasteiger partial charge in [0.2, 0.25) is 5.88 Å². The zero-order valence-electron chi connectivity index (χ0n) is 19.4. The van der Waals surface area contributed by atoms with Crippen LogP contribution in [0.25, 0.3) is 16.6 Å². The summed E-state index contributed by atoms with van der Waals surface area (Å²) in [5, 5.41) is 11.9. The lowest BCUT2D eigenvalue weighted by Crippen LogP contribution is -2.33. The van der Waals surface area contributed by atoms with Gasteiger partial charge in [0.05, 0.1) is 25.6 Å². The molecule has 0 unspecified atom stereocenters. The van der Waals surface area contributed by atoms with Crippen molar-refractivity contribution in [3.63, 3.8) is 0 Å². The van der Waals surface area contributed by atoms with Gasteiger partial charge in [-0.1, -0.05) is 18.2 Å². The first-order valence-corrected chi connectivity index (χ1v) is 10.7. The number of aromatic amines is 2. The van der Waals surface area contributed by atoms with E-state index in [9.17, 15) is 19.5 Å². The number of H-pyrrole nitrogens is 2. The van der Waals surface area contributed by atoms with Crippen molar-refractivity contribution in [3.8, 4) is 17.3 Å². The number of carbonyl (C=O) groups is 1. The van der Waals surface area contributed by atoms with Crippen molar-refractivity contribution in [1.29, 1.82) is 0 Å². The van der Waals surface area contributed by atoms with Crippen molar-refractivity contribution in [3.05, 3.63) is 86.7 Å². The third-order valence-electron chi connectivity index (χ3n) is 5.69. The van der Waals surface area contributed by atoms with Crippen LogP contribution in [0, 0.1) is 0 Å². The Hall–Kier alpha value is -4.60. The Bertz CT molecular complexity index is 1530. The number of nitrogens with zero attached hydrogens (tertiary/aromatic N) is 2. The molecule has 4 rings (SSSR count). The molecular formula is C25H24N4O6. The minimum atomic E-state index is -0.987. The molecule has 10 nitrogen and oxygen atoms in total. The van der Waals surface area contributed by atoms with E-state index >= 15 is 0 Å². The van der Waals surface area contributed by atoms with E-state index in [-0.39, 0.29) is 17.7 Å². The quantitative estimate of drug-likeness (QED) is 0.276. The molecule has 0 saturated heterocycles. The van der Waals surface area contributed by atoms with Gasteiger partial charge in [-0.3, -0.25) is 14.8 Å². The van der Waals surface area contributed by atoms with Gasteiger partial charge in [-0.15, -0.1) is 0 Å². The maximum absolute atomic E-state index is 12.6. The number of para-hydroxylation sites is 1. The Labute approximate surface area is 199 Å². The van der Waals surface area contributed by atoms with Crippen molar-refractivity contribution in [2.45, 2.75) is 19.4 Å². The molecule has 180 valence electrons. The standard InChI is InChI=1S/C25H24N4O6/c1-14(27-20(24(32)35-3)12-15-13-26-19-7-5-4-6-18(15)19)21-22(30)28-25(33)29(23(21)31)16-8-10-17(34-2)11-9-16/h4-11,13,20,26,31H,12H2,1-3H3,(H,28,30,33)/t20-/m0/s1. The summed E-state index contributed by atoms with van der Waals surface area (Å²) in [7, 11) is 2.76. The van der Waals surface area contributed by atoms with E-state index in [1.165, 1.54) is 21.1 Å². The third kappa shape index (κ3) is 4.58. The molecule has 2 aromatic carbocycles. The Morgan fingerprint density at radius 3 is 2.51 bits per heavy atom. The predicted octanol–water partition coefficient (Wildman–Crippen LogP) is 2.31. The lowest BCUT2D eigenvalue weighted by atomic mass is 10.0. The van der Waals surface area contributed by atoms with Crippen LogP contribution in [-0.4, -0.2) is 51.6 Å². The Morgan fingerprint density at radius 2 is 1.83 bits per heavy atom. The average Bonchev–Trinajstić information content (AvgIpc) is 3.26. The summed E-state index contributed by atoms with van der Waals surface area (Å²) in [5.41, 5.74) is 0.254. The normalized spacial score (nSPS) is 12.5. The van der Waals surface area contributed by atoms with E-state index in [0.717, 1.165) is 21.0 Å². The second-order valence-corrected chi connectivity index (χ2v) is 7.81. The highest BCUT2D eigenvalue weighted by molar-refractivity contribution is 6.01. The van der Waals surface area contributed by atoms with Gasteiger partial charge < -0.3 is 19.6 Å². The predicted molar refractivity (Wildman–Crippen MR) is 131 cm³/mol. The Kier molecular flexibility index (Phi) is 6.54. The number of aromatic nitrogens is 3. The first-order chi connectivity index (χ1) is 16.8. The first kappa shape index (κ1) is 23.6. The molecule has 3 N–H and O–H groups in total. The molecular weight excluding hydrogens is 452 g/mol. The van der Waals surface area contributed by atoms with E-state index in [2.05, 4.69) is 15.0 Å². The largest absolute Gasteiger partial charge is 0.497 e. The highest BCUT2D eigenvalue weighted by Crippen LogP contribution is 2.22. The molecule has 0 amide bonds. The average molecular weight is 476 g/mol. The summed E-state index contributed by atoms with van der Waals surface area (Å²) in [6.45, 7) is 1.48. The number of aromatic hydroxyl groups is 1. The molecule has 0 saturated carbocycles. The van der Waals surface area contributed by atoms with Gasteiger partial charge in [0.15, 0.2) is 6.04 Å². The number of fused-ring (bicyclic) bond motifs is 1. The third-order valence-corrected chi connectivity index (χ3v) is 5.69. The first-order valence-electron chi connectivity index (χ1n) is 10.7. The summed E-state index contributed by atoms with van der Waals surface area (Å²) in [4.78, 5) is 47.5. The maximum atomic E-state index is 12.6. The lowest BCUT2D eigenvalue weighted by molar-refractivity contribution is -0.142. The molecule has 4 aromatic rings. The van der Waals surface area contributed by atoms with Gasteiger partial charge in [-0.2, -0.15) is 0 Å². The number of hydrogen-bond acceptors (Lipinski definition) is 7. The maximum Gasteiger partial charge on any atom is 0.335 e. The van der Waals surface area contributed by atoms with E-state index in [4.69, 9.17) is 9.47 Å². The second-order valence-electron chi connectivity index (χ2n) is 7.81. The zero-order valence-corrected chi connectivity index (χ0v) is 19.4. The Morgan fingerprint density at radius 1 is 1.11 bits per heavy atom. The zero-order chi connectivity index (χ0) is 25.1. The molecule has 0 spiro atoms.